The fourth-order valence-electron chi connectivity index (χ4n) is 4.10. The van der Waals surface area contributed by atoms with Crippen LogP contribution >= 0.6 is 22.9 Å². The Balaban J connectivity index is 1.35. The molecular formula is C22H25ClN4O3S. The van der Waals surface area contributed by atoms with Crippen molar-refractivity contribution in [2.45, 2.75) is 25.3 Å². The normalized spacial score (nSPS) is 19.3. The van der Waals surface area contributed by atoms with Crippen LogP contribution < -0.4 is 5.32 Å². The molecule has 0 unspecified atom stereocenters. The number of anilines is 1. The molecule has 2 aliphatic heterocycles. The van der Waals surface area contributed by atoms with Crippen molar-refractivity contribution in [1.29, 1.82) is 0 Å². The summed E-state index contributed by atoms with van der Waals surface area (Å²) < 4.78 is 0. The highest BCUT2D eigenvalue weighted by Gasteiger charge is 2.37. The van der Waals surface area contributed by atoms with Gasteiger partial charge in [0.2, 0.25) is 5.91 Å². The summed E-state index contributed by atoms with van der Waals surface area (Å²) >= 11 is 7.29. The first-order chi connectivity index (χ1) is 15.0. The lowest BCUT2D eigenvalue weighted by atomic mass is 10.2. The van der Waals surface area contributed by atoms with Crippen LogP contribution in [0.2, 0.25) is 5.02 Å². The smallest absolute Gasteiger partial charge is 0.321 e. The third kappa shape index (κ3) is 5.02. The number of nitrogens with one attached hydrogen (secondary N) is 1. The lowest BCUT2D eigenvalue weighted by Gasteiger charge is -2.29. The molecule has 3 heterocycles. The molecule has 1 N–H and O–H groups in total. The summed E-state index contributed by atoms with van der Waals surface area (Å²) in [7, 11) is 0. The fourth-order valence-corrected chi connectivity index (χ4v) is 4.90. The number of likely N-dealkylation sites (tertiary alicyclic amines) is 1. The van der Waals surface area contributed by atoms with Crippen molar-refractivity contribution in [3.8, 4) is 0 Å². The minimum absolute atomic E-state index is 0.0117. The van der Waals surface area contributed by atoms with E-state index in [-0.39, 0.29) is 17.8 Å². The predicted octanol–water partition coefficient (Wildman–Crippen LogP) is 3.77. The summed E-state index contributed by atoms with van der Waals surface area (Å²) in [5, 5.41) is 5.36. The Bertz CT molecular complexity index is 935. The minimum atomic E-state index is -0.413. The average molecular weight is 461 g/mol. The Morgan fingerprint density at radius 3 is 2.42 bits per heavy atom. The van der Waals surface area contributed by atoms with Gasteiger partial charge in [-0.1, -0.05) is 17.7 Å². The summed E-state index contributed by atoms with van der Waals surface area (Å²) in [5.41, 5.74) is 0.681. The predicted molar refractivity (Wildman–Crippen MR) is 122 cm³/mol. The standard InChI is InChI=1S/C22H25ClN4O3S/c23-16-6-8-17(9-7-16)24-22(30)26-11-3-10-25(13-14-26)20(28)18-4-1-12-27(18)21(29)19-5-2-15-31-19/h2,5-9,15,18H,1,3-4,10-14H2,(H,24,30)/t18-/m0/s1. The van der Waals surface area contributed by atoms with Gasteiger partial charge in [0.1, 0.15) is 6.04 Å². The second-order valence-corrected chi connectivity index (χ2v) is 9.12. The maximum atomic E-state index is 13.2. The number of rotatable bonds is 3. The molecule has 164 valence electrons. The molecule has 1 atom stereocenters. The Kier molecular flexibility index (Phi) is 6.77. The van der Waals surface area contributed by atoms with Crippen LogP contribution in [0.1, 0.15) is 28.9 Å². The lowest BCUT2D eigenvalue weighted by Crippen LogP contribution is -2.48. The van der Waals surface area contributed by atoms with Crippen molar-refractivity contribution >= 4 is 46.5 Å². The number of amides is 4. The maximum Gasteiger partial charge on any atom is 0.321 e. The molecule has 1 aromatic heterocycles. The van der Waals surface area contributed by atoms with Crippen LogP contribution in [0.15, 0.2) is 41.8 Å². The number of thiophene rings is 1. The van der Waals surface area contributed by atoms with E-state index in [1.54, 1.807) is 45.0 Å². The monoisotopic (exact) mass is 460 g/mol. The van der Waals surface area contributed by atoms with Gasteiger partial charge in [-0.15, -0.1) is 11.3 Å². The van der Waals surface area contributed by atoms with E-state index in [1.165, 1.54) is 11.3 Å². The van der Waals surface area contributed by atoms with Gasteiger partial charge in [-0.25, -0.2) is 4.79 Å². The van der Waals surface area contributed by atoms with E-state index < -0.39 is 6.04 Å². The van der Waals surface area contributed by atoms with E-state index in [1.807, 2.05) is 11.4 Å². The third-order valence-electron chi connectivity index (χ3n) is 5.72. The van der Waals surface area contributed by atoms with Crippen LogP contribution in [-0.4, -0.2) is 71.3 Å². The molecule has 0 spiro atoms. The number of halogens is 1. The molecule has 0 radical (unpaired) electrons. The zero-order chi connectivity index (χ0) is 21.8. The zero-order valence-electron chi connectivity index (χ0n) is 17.1. The first-order valence-corrected chi connectivity index (χ1v) is 11.7. The van der Waals surface area contributed by atoms with Gasteiger partial charge in [-0.2, -0.15) is 0 Å². The Hall–Kier alpha value is -2.58. The number of benzene rings is 1. The molecule has 0 saturated carbocycles. The number of hydrogen-bond donors (Lipinski definition) is 1. The lowest BCUT2D eigenvalue weighted by molar-refractivity contribution is -0.135. The van der Waals surface area contributed by atoms with E-state index in [0.29, 0.717) is 61.2 Å². The highest BCUT2D eigenvalue weighted by atomic mass is 35.5. The van der Waals surface area contributed by atoms with Gasteiger partial charge >= 0.3 is 6.03 Å². The van der Waals surface area contributed by atoms with Crippen LogP contribution in [0.4, 0.5) is 10.5 Å². The zero-order valence-corrected chi connectivity index (χ0v) is 18.7. The van der Waals surface area contributed by atoms with Gasteiger partial charge < -0.3 is 20.0 Å². The van der Waals surface area contributed by atoms with Crippen LogP contribution in [0.25, 0.3) is 0 Å². The van der Waals surface area contributed by atoms with Gasteiger partial charge in [0.05, 0.1) is 4.88 Å². The number of carbonyl (C=O) groups excluding carboxylic acids is 3. The average Bonchev–Trinajstić information content (AvgIpc) is 3.42. The van der Waals surface area contributed by atoms with Crippen LogP contribution in [-0.2, 0) is 4.79 Å². The summed E-state index contributed by atoms with van der Waals surface area (Å²) in [6.45, 7) is 2.69. The minimum Gasteiger partial charge on any atom is -0.339 e. The van der Waals surface area contributed by atoms with Crippen molar-refractivity contribution in [2.75, 3.05) is 38.0 Å². The van der Waals surface area contributed by atoms with E-state index in [0.717, 1.165) is 6.42 Å². The molecule has 4 amide bonds. The van der Waals surface area contributed by atoms with Crippen LogP contribution in [0, 0.1) is 0 Å². The topological polar surface area (TPSA) is 73.0 Å². The molecule has 2 saturated heterocycles. The molecule has 2 aromatic rings. The third-order valence-corrected chi connectivity index (χ3v) is 6.83. The summed E-state index contributed by atoms with van der Waals surface area (Å²) in [5.74, 6) is -0.0768. The number of carbonyl (C=O) groups is 3. The van der Waals surface area contributed by atoms with Gasteiger partial charge in [0.15, 0.2) is 0 Å². The molecule has 0 aliphatic carbocycles. The van der Waals surface area contributed by atoms with Crippen molar-refractivity contribution in [2.24, 2.45) is 0 Å². The maximum absolute atomic E-state index is 13.2. The molecule has 9 heteroatoms. The van der Waals surface area contributed by atoms with Crippen molar-refractivity contribution in [3.05, 3.63) is 51.7 Å². The largest absolute Gasteiger partial charge is 0.339 e. The van der Waals surface area contributed by atoms with Crippen molar-refractivity contribution < 1.29 is 14.4 Å². The highest BCUT2D eigenvalue weighted by Crippen LogP contribution is 2.24. The second kappa shape index (κ2) is 9.70. The number of urea groups is 1. The van der Waals surface area contributed by atoms with E-state index in [2.05, 4.69) is 5.32 Å². The fraction of sp³-hybridized carbons (Fsp3) is 0.409. The first kappa shape index (κ1) is 21.6. The molecule has 0 bridgehead atoms. The number of nitrogens with zero attached hydrogens (tertiary/aromatic N) is 3. The molecule has 31 heavy (non-hydrogen) atoms. The summed E-state index contributed by atoms with van der Waals surface area (Å²) in [4.78, 5) is 44.6. The van der Waals surface area contributed by atoms with Crippen molar-refractivity contribution in [3.63, 3.8) is 0 Å². The van der Waals surface area contributed by atoms with Gasteiger partial charge in [0, 0.05) is 43.4 Å². The van der Waals surface area contributed by atoms with E-state index >= 15 is 0 Å². The Labute approximate surface area is 190 Å². The highest BCUT2D eigenvalue weighted by molar-refractivity contribution is 7.12. The first-order valence-electron chi connectivity index (χ1n) is 10.5. The quantitative estimate of drug-likeness (QED) is 0.757. The second-order valence-electron chi connectivity index (χ2n) is 7.74. The molecule has 7 nitrogen and oxygen atoms in total. The SMILES string of the molecule is O=C(Nc1ccc(Cl)cc1)N1CCCN(C(=O)[C@@H]2CCCN2C(=O)c2cccs2)CC1. The van der Waals surface area contributed by atoms with E-state index in [9.17, 15) is 14.4 Å². The molecule has 2 aliphatic rings. The van der Waals surface area contributed by atoms with Gasteiger partial charge in [-0.05, 0) is 55.0 Å². The van der Waals surface area contributed by atoms with Crippen LogP contribution in [0.3, 0.4) is 0 Å². The van der Waals surface area contributed by atoms with Gasteiger partial charge in [0.25, 0.3) is 5.91 Å². The Morgan fingerprint density at radius 1 is 0.935 bits per heavy atom. The molecule has 4 rings (SSSR count). The summed E-state index contributed by atoms with van der Waals surface area (Å²) in [6, 6.07) is 10.0. The van der Waals surface area contributed by atoms with Gasteiger partial charge in [-0.3, -0.25) is 9.59 Å². The van der Waals surface area contributed by atoms with E-state index in [4.69, 9.17) is 11.6 Å². The molecule has 1 aromatic carbocycles. The van der Waals surface area contributed by atoms with Crippen LogP contribution in [0.5, 0.6) is 0 Å². The number of hydrogen-bond acceptors (Lipinski definition) is 4. The van der Waals surface area contributed by atoms with Crippen molar-refractivity contribution in [1.82, 2.24) is 14.7 Å². The molecular weight excluding hydrogens is 436 g/mol. The molecule has 2 fully saturated rings. The Morgan fingerprint density at radius 2 is 1.68 bits per heavy atom. The summed E-state index contributed by atoms with van der Waals surface area (Å²) in [6.07, 6.45) is 2.22.